The lowest BCUT2D eigenvalue weighted by molar-refractivity contribution is -0.824. The molecule has 1 aromatic carbocycles. The molecular weight excluding hydrogens is 350 g/mol. The highest BCUT2D eigenvalue weighted by molar-refractivity contribution is 7.81. The molecule has 0 aromatic heterocycles. The number of quaternary nitrogens is 1. The lowest BCUT2D eigenvalue weighted by Gasteiger charge is -2.44. The van der Waals surface area contributed by atoms with Crippen LogP contribution < -0.4 is 14.6 Å². The first kappa shape index (κ1) is 18.0. The van der Waals surface area contributed by atoms with Crippen molar-refractivity contribution in [1.29, 1.82) is 0 Å². The summed E-state index contributed by atoms with van der Waals surface area (Å²) in [6, 6.07) is 4.41. The van der Waals surface area contributed by atoms with Crippen LogP contribution in [0, 0.1) is 0 Å². The normalized spacial score (nSPS) is 27.9. The summed E-state index contributed by atoms with van der Waals surface area (Å²) in [6.45, 7) is 5.32. The lowest BCUT2D eigenvalue weighted by atomic mass is 9.98. The molecule has 1 saturated heterocycles. The van der Waals surface area contributed by atoms with Crippen LogP contribution in [0.4, 0.5) is 4.79 Å². The maximum absolute atomic E-state index is 12.5. The monoisotopic (exact) mass is 371 g/mol. The minimum absolute atomic E-state index is 0.182. The van der Waals surface area contributed by atoms with Gasteiger partial charge in [0, 0.05) is 6.42 Å². The van der Waals surface area contributed by atoms with Crippen molar-refractivity contribution in [2.24, 2.45) is 0 Å². The summed E-state index contributed by atoms with van der Waals surface area (Å²) in [5.74, 6) is 1.18. The van der Waals surface area contributed by atoms with Crippen LogP contribution in [-0.2, 0) is 20.9 Å². The van der Waals surface area contributed by atoms with E-state index in [-0.39, 0.29) is 13.0 Å². The van der Waals surface area contributed by atoms with Gasteiger partial charge in [0.25, 0.3) is 6.09 Å². The molecule has 1 amide bonds. The fourth-order valence-corrected chi connectivity index (χ4v) is 5.46. The van der Waals surface area contributed by atoms with Crippen LogP contribution in [0.25, 0.3) is 0 Å². The second-order valence-corrected chi connectivity index (χ2v) is 8.81. The van der Waals surface area contributed by atoms with Gasteiger partial charge in [0.1, 0.15) is 31.4 Å². The number of rotatable bonds is 2. The summed E-state index contributed by atoms with van der Waals surface area (Å²) >= 11 is 0. The van der Waals surface area contributed by atoms with Crippen molar-refractivity contribution in [3.63, 3.8) is 0 Å². The zero-order valence-electron chi connectivity index (χ0n) is 14.4. The van der Waals surface area contributed by atoms with Gasteiger partial charge in [-0.05, 0) is 38.5 Å². The average molecular weight is 371 g/mol. The molecule has 1 unspecified atom stereocenters. The minimum atomic E-state index is -4.37. The summed E-state index contributed by atoms with van der Waals surface area (Å²) in [6.07, 6.45) is -1.51. The summed E-state index contributed by atoms with van der Waals surface area (Å²) < 4.78 is 39.6. The Balaban J connectivity index is 2.00. The molecule has 0 aliphatic carbocycles. The quantitative estimate of drug-likeness (QED) is 0.702. The lowest BCUT2D eigenvalue weighted by Crippen LogP contribution is -2.72. The van der Waals surface area contributed by atoms with Crippen LogP contribution in [0.2, 0.25) is 0 Å². The summed E-state index contributed by atoms with van der Waals surface area (Å²) in [7, 11) is -4.37. The molecule has 25 heavy (non-hydrogen) atoms. The molecular formula is C16H21NO7S. The van der Waals surface area contributed by atoms with Gasteiger partial charge in [-0.2, -0.15) is 0 Å². The first-order valence-corrected chi connectivity index (χ1v) is 9.34. The first-order valence-electron chi connectivity index (χ1n) is 7.98. The molecule has 138 valence electrons. The highest BCUT2D eigenvalue weighted by atomic mass is 32.2. The number of ether oxygens (including phenoxy) is 2. The van der Waals surface area contributed by atoms with Crippen molar-refractivity contribution in [3.8, 4) is 11.5 Å². The van der Waals surface area contributed by atoms with Crippen molar-refractivity contribution < 1.29 is 35.9 Å². The number of fused-ring (bicyclic) bond motifs is 1. The molecule has 2 aliphatic rings. The zero-order valence-corrected chi connectivity index (χ0v) is 15.2. The predicted molar refractivity (Wildman–Crippen MR) is 85.2 cm³/mol. The van der Waals surface area contributed by atoms with Crippen molar-refractivity contribution in [2.45, 2.75) is 38.8 Å². The van der Waals surface area contributed by atoms with Crippen LogP contribution >= 0.6 is 0 Å². The Kier molecular flexibility index (Phi) is 4.21. The summed E-state index contributed by atoms with van der Waals surface area (Å²) in [5, 5.41) is 12.0. The maximum atomic E-state index is 12.5. The summed E-state index contributed by atoms with van der Waals surface area (Å²) in [4.78, 5) is 12.0. The van der Waals surface area contributed by atoms with Crippen molar-refractivity contribution in [2.75, 3.05) is 19.8 Å². The van der Waals surface area contributed by atoms with E-state index in [1.54, 1.807) is 39.0 Å². The Labute approximate surface area is 146 Å². The highest BCUT2D eigenvalue weighted by Gasteiger charge is 2.64. The zero-order chi connectivity index (χ0) is 18.5. The van der Waals surface area contributed by atoms with Crippen molar-refractivity contribution in [3.05, 3.63) is 23.8 Å². The third-order valence-corrected chi connectivity index (χ3v) is 6.76. The average Bonchev–Trinajstić information content (AvgIpc) is 2.78. The van der Waals surface area contributed by atoms with Crippen LogP contribution in [0.5, 0.6) is 11.5 Å². The van der Waals surface area contributed by atoms with E-state index in [9.17, 15) is 18.3 Å². The molecule has 0 N–H and O–H groups in total. The van der Waals surface area contributed by atoms with E-state index >= 15 is 0 Å². The molecule has 8 nitrogen and oxygen atoms in total. The fraction of sp³-hybridized carbons (Fsp3) is 0.562. The smallest absolute Gasteiger partial charge is 0.442 e. The Morgan fingerprint density at radius 2 is 1.88 bits per heavy atom. The van der Waals surface area contributed by atoms with E-state index in [4.69, 9.17) is 13.7 Å². The molecule has 0 saturated carbocycles. The van der Waals surface area contributed by atoms with Crippen LogP contribution in [-0.4, -0.2) is 49.8 Å². The number of hydrogen-bond donors (Lipinski definition) is 0. The number of amides is 1. The molecule has 0 bridgehead atoms. The first-order chi connectivity index (χ1) is 11.6. The second-order valence-electron chi connectivity index (χ2n) is 7.14. The SMILES string of the molecule is CC(C)(C)[N+]1(C(=O)[O-])[C@@H](Cc2ccc3c(c2)OCCO3)COS1(=O)=O. The molecule has 3 rings (SSSR count). The number of nitrogens with zero attached hydrogens (tertiary/aromatic N) is 1. The number of hydrogen-bond acceptors (Lipinski definition) is 7. The fourth-order valence-electron chi connectivity index (χ4n) is 3.61. The molecule has 1 fully saturated rings. The maximum Gasteiger partial charge on any atom is 0.442 e. The number of benzene rings is 1. The second kappa shape index (κ2) is 5.86. The predicted octanol–water partition coefficient (Wildman–Crippen LogP) is 0.602. The Bertz CT molecular complexity index is 799. The molecule has 1 aromatic rings. The van der Waals surface area contributed by atoms with E-state index in [2.05, 4.69) is 0 Å². The van der Waals surface area contributed by atoms with E-state index in [0.717, 1.165) is 5.56 Å². The Morgan fingerprint density at radius 1 is 1.24 bits per heavy atom. The van der Waals surface area contributed by atoms with Crippen LogP contribution in [0.3, 0.4) is 0 Å². The highest BCUT2D eigenvalue weighted by Crippen LogP contribution is 2.41. The number of carboxylic acid groups (broad SMARTS) is 1. The van der Waals surface area contributed by atoms with Gasteiger partial charge in [0.2, 0.25) is 0 Å². The van der Waals surface area contributed by atoms with E-state index in [1.807, 2.05) is 0 Å². The molecule has 2 heterocycles. The van der Waals surface area contributed by atoms with Crippen LogP contribution in [0.15, 0.2) is 18.2 Å². The third kappa shape index (κ3) is 2.66. The van der Waals surface area contributed by atoms with Gasteiger partial charge in [-0.1, -0.05) is 6.07 Å². The van der Waals surface area contributed by atoms with E-state index < -0.39 is 31.9 Å². The molecule has 0 spiro atoms. The Hall–Kier alpha value is -1.84. The van der Waals surface area contributed by atoms with Gasteiger partial charge in [-0.25, -0.2) is 4.18 Å². The van der Waals surface area contributed by atoms with Gasteiger partial charge in [-0.3, -0.25) is 0 Å². The third-order valence-electron chi connectivity index (χ3n) is 4.62. The van der Waals surface area contributed by atoms with Crippen LogP contribution in [0.1, 0.15) is 26.3 Å². The molecule has 2 atom stereocenters. The van der Waals surface area contributed by atoms with E-state index in [0.29, 0.717) is 24.7 Å². The largest absolute Gasteiger partial charge is 0.497 e. The van der Waals surface area contributed by atoms with Gasteiger partial charge in [0.05, 0.1) is 0 Å². The topological polar surface area (TPSA) is 102 Å². The van der Waals surface area contributed by atoms with Crippen molar-refractivity contribution in [1.82, 2.24) is 0 Å². The van der Waals surface area contributed by atoms with Gasteiger partial charge in [0.15, 0.2) is 11.5 Å². The Morgan fingerprint density at radius 3 is 2.48 bits per heavy atom. The van der Waals surface area contributed by atoms with Gasteiger partial charge in [-0.15, -0.1) is 12.3 Å². The van der Waals surface area contributed by atoms with E-state index in [1.165, 1.54) is 0 Å². The number of carbonyl (C=O) groups excluding carboxylic acids is 1. The summed E-state index contributed by atoms with van der Waals surface area (Å²) in [5.41, 5.74) is -0.421. The van der Waals surface area contributed by atoms with Gasteiger partial charge < -0.3 is 19.4 Å². The standard InChI is InChI=1S/C16H21NO7S/c1-16(2,3)17(15(18)19)12(10-24-25(17,20)21)8-11-4-5-13-14(9-11)23-7-6-22-13/h4-5,9,12H,6-8,10H2,1-3H3/t12-,17?/m0/s1. The molecule has 0 radical (unpaired) electrons. The molecule has 9 heteroatoms. The molecule has 2 aliphatic heterocycles. The van der Waals surface area contributed by atoms with Crippen molar-refractivity contribution >= 4 is 16.4 Å². The minimum Gasteiger partial charge on any atom is -0.497 e. The number of carbonyl (C=O) groups is 1. The van der Waals surface area contributed by atoms with Gasteiger partial charge >= 0.3 is 10.3 Å².